The lowest BCUT2D eigenvalue weighted by Crippen LogP contribution is -2.14. The summed E-state index contributed by atoms with van der Waals surface area (Å²) in [6.45, 7) is 0. The summed E-state index contributed by atoms with van der Waals surface area (Å²) in [5.74, 6) is 2.11. The van der Waals surface area contributed by atoms with Gasteiger partial charge in [-0.3, -0.25) is 0 Å². The van der Waals surface area contributed by atoms with Crippen molar-refractivity contribution in [1.29, 1.82) is 0 Å². The SMILES string of the molecule is COc1cc(-c2oncc2-c2ccc(SC)c(N)c2)cc2c1ONO2. The average molecular weight is 357 g/mol. The van der Waals surface area contributed by atoms with Gasteiger partial charge in [-0.1, -0.05) is 11.2 Å². The van der Waals surface area contributed by atoms with Crippen molar-refractivity contribution < 1.29 is 18.9 Å². The molecule has 0 saturated heterocycles. The first-order chi connectivity index (χ1) is 12.2. The lowest BCUT2D eigenvalue weighted by molar-refractivity contribution is 0.0248. The maximum Gasteiger partial charge on any atom is 0.237 e. The first-order valence-corrected chi connectivity index (χ1v) is 8.63. The molecule has 0 unspecified atom stereocenters. The summed E-state index contributed by atoms with van der Waals surface area (Å²) in [4.78, 5) is 11.4. The van der Waals surface area contributed by atoms with Gasteiger partial charge in [-0.15, -0.1) is 11.8 Å². The minimum Gasteiger partial charge on any atom is -0.493 e. The van der Waals surface area contributed by atoms with E-state index >= 15 is 0 Å². The number of benzene rings is 2. The molecule has 1 aliphatic heterocycles. The van der Waals surface area contributed by atoms with Gasteiger partial charge in [0.1, 0.15) is 0 Å². The van der Waals surface area contributed by atoms with Crippen molar-refractivity contribution in [2.24, 2.45) is 0 Å². The van der Waals surface area contributed by atoms with Crippen LogP contribution in [0.1, 0.15) is 0 Å². The second kappa shape index (κ2) is 6.23. The molecule has 3 N–H and O–H groups in total. The highest BCUT2D eigenvalue weighted by Gasteiger charge is 2.24. The van der Waals surface area contributed by atoms with E-state index in [2.05, 4.69) is 10.8 Å². The highest BCUT2D eigenvalue weighted by Crippen LogP contribution is 2.45. The number of nitrogens with one attached hydrogen (secondary N) is 1. The van der Waals surface area contributed by atoms with Crippen LogP contribution in [0.5, 0.6) is 17.2 Å². The Hall–Kier alpha value is -2.84. The summed E-state index contributed by atoms with van der Waals surface area (Å²) in [5, 5.41) is 3.95. The van der Waals surface area contributed by atoms with Crippen molar-refractivity contribution in [2.75, 3.05) is 19.1 Å². The first kappa shape index (κ1) is 15.7. The molecule has 0 fully saturated rings. The van der Waals surface area contributed by atoms with E-state index in [1.807, 2.05) is 24.5 Å². The zero-order valence-corrected chi connectivity index (χ0v) is 14.3. The Kier molecular flexibility index (Phi) is 3.90. The van der Waals surface area contributed by atoms with Gasteiger partial charge in [-0.2, -0.15) is 0 Å². The van der Waals surface area contributed by atoms with Crippen molar-refractivity contribution in [3.63, 3.8) is 0 Å². The number of nitrogen functional groups attached to an aromatic ring is 1. The zero-order valence-electron chi connectivity index (χ0n) is 13.5. The lowest BCUT2D eigenvalue weighted by Gasteiger charge is -2.08. The Balaban J connectivity index is 1.82. The fourth-order valence-corrected chi connectivity index (χ4v) is 3.20. The number of thioether (sulfide) groups is 1. The third-order valence-electron chi connectivity index (χ3n) is 3.91. The molecule has 0 radical (unpaired) electrons. The van der Waals surface area contributed by atoms with Gasteiger partial charge >= 0.3 is 0 Å². The number of nitrogens with two attached hydrogens (primary N) is 1. The van der Waals surface area contributed by atoms with Gasteiger partial charge in [0, 0.05) is 27.4 Å². The van der Waals surface area contributed by atoms with Gasteiger partial charge in [0.2, 0.25) is 11.5 Å². The van der Waals surface area contributed by atoms with Crippen molar-refractivity contribution in [3.05, 3.63) is 36.5 Å². The van der Waals surface area contributed by atoms with E-state index in [1.54, 1.807) is 37.2 Å². The predicted octanol–water partition coefficient (Wildman–Crippen LogP) is 3.51. The van der Waals surface area contributed by atoms with Gasteiger partial charge in [0.05, 0.1) is 13.3 Å². The smallest absolute Gasteiger partial charge is 0.237 e. The second-order valence-electron chi connectivity index (χ2n) is 5.32. The Morgan fingerprint density at radius 2 is 2.04 bits per heavy atom. The van der Waals surface area contributed by atoms with Crippen LogP contribution in [0, 0.1) is 0 Å². The number of methoxy groups -OCH3 is 1. The normalized spacial score (nSPS) is 12.4. The molecule has 0 saturated carbocycles. The molecule has 4 rings (SSSR count). The lowest BCUT2D eigenvalue weighted by atomic mass is 10.0. The molecule has 0 spiro atoms. The summed E-state index contributed by atoms with van der Waals surface area (Å²) in [7, 11) is 1.56. The van der Waals surface area contributed by atoms with E-state index in [-0.39, 0.29) is 0 Å². The Morgan fingerprint density at radius 1 is 1.16 bits per heavy atom. The maximum atomic E-state index is 6.11. The van der Waals surface area contributed by atoms with Crippen molar-refractivity contribution in [3.8, 4) is 39.7 Å². The minimum absolute atomic E-state index is 0.487. The Labute approximate surface area is 147 Å². The molecule has 1 aliphatic rings. The minimum atomic E-state index is 0.487. The molecule has 128 valence electrons. The first-order valence-electron chi connectivity index (χ1n) is 7.41. The maximum absolute atomic E-state index is 6.11. The number of hydrogen-bond acceptors (Lipinski definition) is 8. The third-order valence-corrected chi connectivity index (χ3v) is 4.72. The fourth-order valence-electron chi connectivity index (χ4n) is 2.70. The molecule has 0 bridgehead atoms. The topological polar surface area (TPSA) is 91.8 Å². The average Bonchev–Trinajstić information content (AvgIpc) is 3.29. The van der Waals surface area contributed by atoms with Crippen molar-refractivity contribution in [2.45, 2.75) is 4.90 Å². The monoisotopic (exact) mass is 357 g/mol. The van der Waals surface area contributed by atoms with E-state index in [4.69, 9.17) is 24.7 Å². The standard InChI is InChI=1S/C17H15N3O4S/c1-21-13-6-10(7-14-17(13)24-20-22-14)16-11(8-19-23-16)9-3-4-15(25-2)12(18)5-9/h3-8,20H,18H2,1-2H3. The Bertz CT molecular complexity index is 942. The van der Waals surface area contributed by atoms with Crippen LogP contribution in [-0.4, -0.2) is 18.5 Å². The molecule has 2 heterocycles. The van der Waals surface area contributed by atoms with E-state index < -0.39 is 0 Å². The quantitative estimate of drug-likeness (QED) is 0.541. The molecular weight excluding hydrogens is 342 g/mol. The van der Waals surface area contributed by atoms with Gasteiger partial charge < -0.3 is 24.7 Å². The third kappa shape index (κ3) is 2.65. The molecule has 0 atom stereocenters. The molecule has 0 amide bonds. The van der Waals surface area contributed by atoms with E-state index in [0.717, 1.165) is 21.6 Å². The summed E-state index contributed by atoms with van der Waals surface area (Å²) < 4.78 is 10.9. The molecule has 1 aromatic heterocycles. The summed E-state index contributed by atoms with van der Waals surface area (Å²) in [6.07, 6.45) is 3.65. The van der Waals surface area contributed by atoms with Gasteiger partial charge in [0.15, 0.2) is 11.5 Å². The number of hydrogen-bond donors (Lipinski definition) is 2. The largest absolute Gasteiger partial charge is 0.493 e. The summed E-state index contributed by atoms with van der Waals surface area (Å²) in [6, 6.07) is 9.48. The summed E-state index contributed by atoms with van der Waals surface area (Å²) >= 11 is 1.60. The van der Waals surface area contributed by atoms with Crippen molar-refractivity contribution >= 4 is 17.4 Å². The Morgan fingerprint density at radius 3 is 2.80 bits per heavy atom. The van der Waals surface area contributed by atoms with Gasteiger partial charge in [0.25, 0.3) is 0 Å². The van der Waals surface area contributed by atoms with Crippen LogP contribution in [0.25, 0.3) is 22.5 Å². The molecule has 7 nitrogen and oxygen atoms in total. The van der Waals surface area contributed by atoms with Crippen molar-refractivity contribution in [1.82, 2.24) is 10.8 Å². The number of rotatable bonds is 4. The van der Waals surface area contributed by atoms with Crippen LogP contribution in [-0.2, 0) is 0 Å². The summed E-state index contributed by atoms with van der Waals surface area (Å²) in [5.41, 5.74) is 11.7. The second-order valence-corrected chi connectivity index (χ2v) is 6.17. The highest BCUT2D eigenvalue weighted by molar-refractivity contribution is 7.98. The number of anilines is 1. The van der Waals surface area contributed by atoms with Crippen LogP contribution in [0.4, 0.5) is 5.69 Å². The molecule has 3 aromatic rings. The predicted molar refractivity (Wildman–Crippen MR) is 94.5 cm³/mol. The van der Waals surface area contributed by atoms with Crippen LogP contribution < -0.4 is 25.8 Å². The highest BCUT2D eigenvalue weighted by atomic mass is 32.2. The van der Waals surface area contributed by atoms with Crippen LogP contribution in [0.3, 0.4) is 0 Å². The molecule has 0 aliphatic carbocycles. The molecule has 25 heavy (non-hydrogen) atoms. The van der Waals surface area contributed by atoms with Crippen LogP contribution in [0.15, 0.2) is 45.9 Å². The number of ether oxygens (including phenoxy) is 1. The molecular formula is C17H15N3O4S. The van der Waals surface area contributed by atoms with E-state index in [1.165, 1.54) is 0 Å². The van der Waals surface area contributed by atoms with Crippen LogP contribution in [0.2, 0.25) is 0 Å². The number of nitrogens with zero attached hydrogens (tertiary/aromatic N) is 1. The number of fused-ring (bicyclic) bond motifs is 1. The molecule has 2 aromatic carbocycles. The number of aromatic nitrogens is 1. The van der Waals surface area contributed by atoms with E-state index in [9.17, 15) is 0 Å². The van der Waals surface area contributed by atoms with Crippen LogP contribution >= 0.6 is 11.8 Å². The van der Waals surface area contributed by atoms with Gasteiger partial charge in [-0.25, -0.2) is 0 Å². The molecule has 8 heteroatoms. The van der Waals surface area contributed by atoms with E-state index in [0.29, 0.717) is 28.7 Å². The van der Waals surface area contributed by atoms with Gasteiger partial charge in [-0.05, 0) is 36.1 Å². The zero-order chi connectivity index (χ0) is 17.4. The fraction of sp³-hybridized carbons (Fsp3) is 0.118.